The Hall–Kier alpha value is -0.0536. The van der Waals surface area contributed by atoms with E-state index in [4.69, 9.17) is 15.9 Å². The molecule has 6 nitrogen and oxygen atoms in total. The molecule has 0 radical (unpaired) electrons. The van der Waals surface area contributed by atoms with Crippen LogP contribution in [0.4, 0.5) is 0 Å². The standard InChI is InChI=1S/C11H19O.C5H9NO4.K/c1-2-3-4-5-6-7-8-9-10-11-12;6-3(5(9)10)1-2-4(7)8;/h2H,1,3-10H2;3H,1-2,6H2,(H,7,8)(H,9,10);/q-1;;+1/t;3-;/m.0./s1. The predicted molar refractivity (Wildman–Crippen MR) is 85.3 cm³/mol. The predicted octanol–water partition coefficient (Wildman–Crippen LogP) is -0.330. The Balaban J connectivity index is -0.000000338. The Kier molecular flexibility index (Phi) is 26.5. The van der Waals surface area contributed by atoms with Gasteiger partial charge in [0.15, 0.2) is 0 Å². The number of unbranched alkanes of at least 4 members (excludes halogenated alkanes) is 7. The number of rotatable bonds is 13. The zero-order chi connectivity index (χ0) is 17.2. The molecule has 0 aromatic carbocycles. The molecule has 23 heavy (non-hydrogen) atoms. The van der Waals surface area contributed by atoms with Crippen LogP contribution in [-0.4, -0.2) is 34.5 Å². The van der Waals surface area contributed by atoms with Crippen LogP contribution in [0.2, 0.25) is 0 Å². The van der Waals surface area contributed by atoms with Crippen molar-refractivity contribution in [3.8, 4) is 0 Å². The molecule has 128 valence electrons. The molecule has 0 fully saturated rings. The third kappa shape index (κ3) is 27.1. The molecular weight excluding hydrogens is 325 g/mol. The molecule has 1 atom stereocenters. The van der Waals surface area contributed by atoms with Gasteiger partial charge in [0.2, 0.25) is 0 Å². The molecule has 0 spiro atoms. The fraction of sp³-hybridized carbons (Fsp3) is 0.688. The van der Waals surface area contributed by atoms with Crippen molar-refractivity contribution in [2.75, 3.05) is 0 Å². The van der Waals surface area contributed by atoms with Gasteiger partial charge in [0.1, 0.15) is 6.04 Å². The number of nitrogens with two attached hydrogens (primary N) is 1. The minimum atomic E-state index is -1.17. The van der Waals surface area contributed by atoms with Crippen LogP contribution in [0.25, 0.3) is 0 Å². The summed E-state index contributed by atoms with van der Waals surface area (Å²) in [6.45, 7) is 3.68. The smallest absolute Gasteiger partial charge is 0.542 e. The number of hydrogen-bond donors (Lipinski definition) is 3. The Morgan fingerprint density at radius 1 is 1.09 bits per heavy atom. The number of carboxylic acids is 2. The molecule has 0 heterocycles. The normalized spacial score (nSPS) is 10.5. The number of allylic oxidation sites excluding steroid dienone is 1. The van der Waals surface area contributed by atoms with Gasteiger partial charge in [-0.15, -0.1) is 6.58 Å². The van der Waals surface area contributed by atoms with Crippen molar-refractivity contribution < 1.29 is 76.0 Å². The van der Waals surface area contributed by atoms with Crippen molar-refractivity contribution in [2.45, 2.75) is 70.3 Å². The van der Waals surface area contributed by atoms with Crippen LogP contribution < -0.4 is 57.1 Å². The second-order valence-electron chi connectivity index (χ2n) is 4.97. The van der Waals surface area contributed by atoms with E-state index in [2.05, 4.69) is 6.58 Å². The zero-order valence-electron chi connectivity index (χ0n) is 14.1. The maximum atomic E-state index is 9.99. The van der Waals surface area contributed by atoms with Crippen LogP contribution in [0, 0.1) is 0 Å². The molecule has 0 saturated heterocycles. The molecule has 7 heteroatoms. The molecular formula is C16H28KNO5. The second-order valence-corrected chi connectivity index (χ2v) is 4.97. The third-order valence-corrected chi connectivity index (χ3v) is 2.92. The van der Waals surface area contributed by atoms with Gasteiger partial charge < -0.3 is 20.7 Å². The van der Waals surface area contributed by atoms with E-state index >= 15 is 0 Å². The third-order valence-electron chi connectivity index (χ3n) is 2.92. The second kappa shape index (κ2) is 21.9. The molecule has 0 amide bonds. The summed E-state index contributed by atoms with van der Waals surface area (Å²) < 4.78 is 0. The van der Waals surface area contributed by atoms with Gasteiger partial charge in [-0.1, -0.05) is 38.2 Å². The molecule has 0 rings (SSSR count). The first-order valence-electron chi connectivity index (χ1n) is 7.61. The monoisotopic (exact) mass is 353 g/mol. The minimum Gasteiger partial charge on any atom is -0.542 e. The van der Waals surface area contributed by atoms with Gasteiger partial charge in [-0.25, -0.2) is 0 Å². The van der Waals surface area contributed by atoms with Crippen LogP contribution >= 0.6 is 0 Å². The van der Waals surface area contributed by atoms with E-state index in [0.717, 1.165) is 12.8 Å². The van der Waals surface area contributed by atoms with E-state index < -0.39 is 18.0 Å². The van der Waals surface area contributed by atoms with E-state index in [9.17, 15) is 14.4 Å². The summed E-state index contributed by atoms with van der Waals surface area (Å²) in [5, 5.41) is 16.3. The SMILES string of the molecule is C=CCCCCCCCC[C-]=O.N[C@@H](CCC(=O)O)C(=O)O.[K+]. The van der Waals surface area contributed by atoms with Crippen molar-refractivity contribution in [2.24, 2.45) is 5.73 Å². The van der Waals surface area contributed by atoms with Crippen LogP contribution in [0.3, 0.4) is 0 Å². The molecule has 0 unspecified atom stereocenters. The average Bonchev–Trinajstić information content (AvgIpc) is 2.48. The van der Waals surface area contributed by atoms with Crippen molar-refractivity contribution in [1.29, 1.82) is 0 Å². The van der Waals surface area contributed by atoms with E-state index in [1.807, 2.05) is 12.4 Å². The summed E-state index contributed by atoms with van der Waals surface area (Å²) in [5.74, 6) is -2.20. The zero-order valence-corrected chi connectivity index (χ0v) is 17.3. The first-order chi connectivity index (χ1) is 10.5. The molecule has 0 bridgehead atoms. The Bertz CT molecular complexity index is 310. The molecule has 0 aromatic heterocycles. The minimum absolute atomic E-state index is 0. The van der Waals surface area contributed by atoms with Crippen LogP contribution in [0.15, 0.2) is 12.7 Å². The maximum absolute atomic E-state index is 9.99. The fourth-order valence-electron chi connectivity index (χ4n) is 1.60. The van der Waals surface area contributed by atoms with Crippen molar-refractivity contribution in [1.82, 2.24) is 0 Å². The Morgan fingerprint density at radius 2 is 1.61 bits per heavy atom. The summed E-state index contributed by atoms with van der Waals surface area (Å²) in [5.41, 5.74) is 5.00. The molecule has 0 saturated carbocycles. The summed E-state index contributed by atoms with van der Waals surface area (Å²) in [7, 11) is 0. The number of carbonyl (C=O) groups excluding carboxylic acids is 1. The average molecular weight is 354 g/mol. The number of hydrogen-bond acceptors (Lipinski definition) is 4. The number of aliphatic carboxylic acids is 2. The molecule has 0 aliphatic carbocycles. The molecule has 0 aliphatic rings. The van der Waals surface area contributed by atoms with Gasteiger partial charge in [0.25, 0.3) is 0 Å². The van der Waals surface area contributed by atoms with E-state index in [1.165, 1.54) is 32.1 Å². The topological polar surface area (TPSA) is 118 Å². The summed E-state index contributed by atoms with van der Waals surface area (Å²) in [4.78, 5) is 29.7. The first-order valence-corrected chi connectivity index (χ1v) is 7.61. The first kappa shape index (κ1) is 27.8. The van der Waals surface area contributed by atoms with Crippen molar-refractivity contribution in [3.05, 3.63) is 12.7 Å². The van der Waals surface area contributed by atoms with Gasteiger partial charge in [-0.05, 0) is 19.3 Å². The van der Waals surface area contributed by atoms with Crippen LogP contribution in [0.1, 0.15) is 64.2 Å². The van der Waals surface area contributed by atoms with Gasteiger partial charge in [-0.2, -0.15) is 6.42 Å². The number of carboxylic acid groups (broad SMARTS) is 2. The largest absolute Gasteiger partial charge is 1.00 e. The van der Waals surface area contributed by atoms with Gasteiger partial charge in [-0.3, -0.25) is 15.9 Å². The van der Waals surface area contributed by atoms with Gasteiger partial charge in [0, 0.05) is 6.42 Å². The maximum Gasteiger partial charge on any atom is 1.00 e. The van der Waals surface area contributed by atoms with E-state index in [-0.39, 0.29) is 64.2 Å². The van der Waals surface area contributed by atoms with Crippen LogP contribution in [-0.2, 0) is 14.4 Å². The quantitative estimate of drug-likeness (QED) is 0.181. The van der Waals surface area contributed by atoms with Gasteiger partial charge >= 0.3 is 63.3 Å². The fourth-order valence-corrected chi connectivity index (χ4v) is 1.60. The Morgan fingerprint density at radius 3 is 2.04 bits per heavy atom. The summed E-state index contributed by atoms with van der Waals surface area (Å²) in [6, 6.07) is -1.06. The number of carbonyl (C=O) groups is 2. The van der Waals surface area contributed by atoms with E-state index in [0.29, 0.717) is 6.42 Å². The summed E-state index contributed by atoms with van der Waals surface area (Å²) >= 11 is 0. The molecule has 4 N–H and O–H groups in total. The van der Waals surface area contributed by atoms with Crippen LogP contribution in [0.5, 0.6) is 0 Å². The summed E-state index contributed by atoms with van der Waals surface area (Å²) in [6.07, 6.45) is 12.8. The van der Waals surface area contributed by atoms with Gasteiger partial charge in [0.05, 0.1) is 0 Å². The van der Waals surface area contributed by atoms with E-state index in [1.54, 1.807) is 0 Å². The molecule has 0 aliphatic heterocycles. The van der Waals surface area contributed by atoms with Crippen molar-refractivity contribution >= 4 is 18.2 Å². The Labute approximate surface area is 181 Å². The van der Waals surface area contributed by atoms with Crippen molar-refractivity contribution in [3.63, 3.8) is 0 Å². The molecule has 0 aromatic rings.